The molecular formula is C25H37N5O6S. The number of carbonyl (C=O) groups excluding carboxylic acids is 3. The molecule has 2 rings (SSSR count). The maximum atomic E-state index is 12.5. The maximum absolute atomic E-state index is 12.5. The SMILES string of the molecule is Cc1cnc(NC(=O)c2ccc(NCC(=O)NCCOCCOCCNC(=O)OC(C)(C)C)cc2C)s1. The van der Waals surface area contributed by atoms with Gasteiger partial charge < -0.3 is 30.2 Å². The van der Waals surface area contributed by atoms with Crippen LogP contribution in [-0.4, -0.2) is 74.6 Å². The van der Waals surface area contributed by atoms with E-state index in [2.05, 4.69) is 26.3 Å². The number of nitrogens with zero attached hydrogens (tertiary/aromatic N) is 1. The molecule has 12 heteroatoms. The molecule has 0 aliphatic heterocycles. The highest BCUT2D eigenvalue weighted by Crippen LogP contribution is 2.20. The largest absolute Gasteiger partial charge is 0.444 e. The number of rotatable bonds is 14. The zero-order chi connectivity index (χ0) is 27.3. The second-order valence-corrected chi connectivity index (χ2v) is 10.4. The Labute approximate surface area is 221 Å². The van der Waals surface area contributed by atoms with Gasteiger partial charge in [-0.3, -0.25) is 14.9 Å². The van der Waals surface area contributed by atoms with Gasteiger partial charge in [-0.05, 0) is 58.4 Å². The molecule has 0 unspecified atom stereocenters. The van der Waals surface area contributed by atoms with E-state index in [9.17, 15) is 14.4 Å². The van der Waals surface area contributed by atoms with Crippen molar-refractivity contribution in [1.29, 1.82) is 0 Å². The lowest BCUT2D eigenvalue weighted by atomic mass is 10.1. The smallest absolute Gasteiger partial charge is 0.407 e. The second kappa shape index (κ2) is 15.1. The van der Waals surface area contributed by atoms with Gasteiger partial charge in [0.25, 0.3) is 5.91 Å². The molecule has 1 aromatic carbocycles. The van der Waals surface area contributed by atoms with Crippen LogP contribution in [0.15, 0.2) is 24.4 Å². The van der Waals surface area contributed by atoms with Crippen LogP contribution in [-0.2, 0) is 19.0 Å². The van der Waals surface area contributed by atoms with Gasteiger partial charge in [-0.2, -0.15) is 0 Å². The molecule has 4 N–H and O–H groups in total. The summed E-state index contributed by atoms with van der Waals surface area (Å²) in [6, 6.07) is 5.30. The van der Waals surface area contributed by atoms with Gasteiger partial charge in [-0.1, -0.05) is 0 Å². The van der Waals surface area contributed by atoms with E-state index in [-0.39, 0.29) is 18.4 Å². The fourth-order valence-corrected chi connectivity index (χ4v) is 3.63. The van der Waals surface area contributed by atoms with E-state index in [1.807, 2.05) is 19.9 Å². The minimum atomic E-state index is -0.531. The van der Waals surface area contributed by atoms with Gasteiger partial charge in [0.05, 0.1) is 33.0 Å². The van der Waals surface area contributed by atoms with Crippen LogP contribution in [0.25, 0.3) is 0 Å². The van der Waals surface area contributed by atoms with Crippen molar-refractivity contribution in [1.82, 2.24) is 15.6 Å². The number of benzene rings is 1. The van der Waals surface area contributed by atoms with Gasteiger partial charge in [-0.25, -0.2) is 9.78 Å². The summed E-state index contributed by atoms with van der Waals surface area (Å²) in [7, 11) is 0. The number of nitrogens with one attached hydrogen (secondary N) is 4. The summed E-state index contributed by atoms with van der Waals surface area (Å²) in [6.45, 7) is 11.4. The summed E-state index contributed by atoms with van der Waals surface area (Å²) < 4.78 is 15.9. The highest BCUT2D eigenvalue weighted by molar-refractivity contribution is 7.15. The molecule has 0 spiro atoms. The third kappa shape index (κ3) is 12.5. The van der Waals surface area contributed by atoms with Crippen molar-refractivity contribution in [3.05, 3.63) is 40.4 Å². The van der Waals surface area contributed by atoms with Gasteiger partial charge in [0.15, 0.2) is 5.13 Å². The molecule has 2 aromatic rings. The van der Waals surface area contributed by atoms with Crippen LogP contribution < -0.4 is 21.3 Å². The van der Waals surface area contributed by atoms with Gasteiger partial charge in [0.2, 0.25) is 5.91 Å². The summed E-state index contributed by atoms with van der Waals surface area (Å²) in [5.41, 5.74) is 1.54. The van der Waals surface area contributed by atoms with Crippen LogP contribution in [0, 0.1) is 13.8 Å². The lowest BCUT2D eigenvalue weighted by Crippen LogP contribution is -2.34. The fraction of sp³-hybridized carbons (Fsp3) is 0.520. The number of ether oxygens (including phenoxy) is 3. The van der Waals surface area contributed by atoms with E-state index >= 15 is 0 Å². The first-order chi connectivity index (χ1) is 17.5. The highest BCUT2D eigenvalue weighted by Gasteiger charge is 2.15. The Morgan fingerprint density at radius 3 is 2.24 bits per heavy atom. The predicted molar refractivity (Wildman–Crippen MR) is 143 cm³/mol. The Kier molecular flexibility index (Phi) is 12.3. The topological polar surface area (TPSA) is 140 Å². The first-order valence-electron chi connectivity index (χ1n) is 12.0. The number of carbonyl (C=O) groups is 3. The summed E-state index contributed by atoms with van der Waals surface area (Å²) >= 11 is 1.42. The standard InChI is InChI=1S/C25H37N5O6S/c1-17-14-19(6-7-20(17)22(32)30-23-29-15-18(2)37-23)28-16-21(31)26-8-10-34-12-13-35-11-9-27-24(33)36-25(3,4)5/h6-7,14-15,28H,8-13,16H2,1-5H3,(H,26,31)(H,27,33)(H,29,30,32). The van der Waals surface area contributed by atoms with E-state index in [0.717, 1.165) is 16.1 Å². The van der Waals surface area contributed by atoms with E-state index < -0.39 is 11.7 Å². The first kappa shape index (κ1) is 30.0. The number of hydrogen-bond donors (Lipinski definition) is 4. The van der Waals surface area contributed by atoms with Crippen molar-refractivity contribution in [3.63, 3.8) is 0 Å². The molecule has 1 aromatic heterocycles. The lowest BCUT2D eigenvalue weighted by molar-refractivity contribution is -0.119. The Hall–Kier alpha value is -3.22. The van der Waals surface area contributed by atoms with E-state index in [1.54, 1.807) is 39.1 Å². The molecule has 1 heterocycles. The quantitative estimate of drug-likeness (QED) is 0.271. The van der Waals surface area contributed by atoms with Crippen molar-refractivity contribution in [2.24, 2.45) is 0 Å². The molecule has 0 bridgehead atoms. The number of hydrogen-bond acceptors (Lipinski definition) is 9. The molecule has 0 aliphatic carbocycles. The molecule has 11 nitrogen and oxygen atoms in total. The molecule has 204 valence electrons. The Morgan fingerprint density at radius 2 is 1.65 bits per heavy atom. The van der Waals surface area contributed by atoms with Gasteiger partial charge >= 0.3 is 6.09 Å². The zero-order valence-corrected chi connectivity index (χ0v) is 22.9. The maximum Gasteiger partial charge on any atom is 0.407 e. The van der Waals surface area contributed by atoms with Crippen LogP contribution in [0.2, 0.25) is 0 Å². The summed E-state index contributed by atoms with van der Waals surface area (Å²) in [6.07, 6.45) is 1.23. The third-order valence-electron chi connectivity index (χ3n) is 4.62. The lowest BCUT2D eigenvalue weighted by Gasteiger charge is -2.19. The number of alkyl carbamates (subject to hydrolysis) is 1. The molecule has 0 saturated heterocycles. The molecule has 0 aliphatic rings. The summed E-state index contributed by atoms with van der Waals surface area (Å²) in [5, 5.41) is 11.8. The van der Waals surface area contributed by atoms with Gasteiger partial charge in [-0.15, -0.1) is 11.3 Å². The molecule has 37 heavy (non-hydrogen) atoms. The third-order valence-corrected chi connectivity index (χ3v) is 5.45. The number of aromatic nitrogens is 1. The Morgan fingerprint density at radius 1 is 0.973 bits per heavy atom. The van der Waals surface area contributed by atoms with Crippen LogP contribution >= 0.6 is 11.3 Å². The molecule has 0 atom stereocenters. The Bertz CT molecular complexity index is 1040. The molecule has 0 saturated carbocycles. The number of amides is 3. The molecular weight excluding hydrogens is 498 g/mol. The van der Waals surface area contributed by atoms with Crippen molar-refractivity contribution in [2.75, 3.05) is 56.7 Å². The van der Waals surface area contributed by atoms with Gasteiger partial charge in [0.1, 0.15) is 5.60 Å². The van der Waals surface area contributed by atoms with Gasteiger partial charge in [0, 0.05) is 35.4 Å². The van der Waals surface area contributed by atoms with E-state index in [1.165, 1.54) is 11.3 Å². The highest BCUT2D eigenvalue weighted by atomic mass is 32.1. The van der Waals surface area contributed by atoms with Crippen molar-refractivity contribution >= 4 is 40.1 Å². The van der Waals surface area contributed by atoms with E-state index in [0.29, 0.717) is 50.2 Å². The predicted octanol–water partition coefficient (Wildman–Crippen LogP) is 3.10. The average Bonchev–Trinajstić information content (AvgIpc) is 3.22. The normalized spacial score (nSPS) is 11.1. The average molecular weight is 536 g/mol. The minimum Gasteiger partial charge on any atom is -0.444 e. The van der Waals surface area contributed by atoms with Crippen molar-refractivity contribution < 1.29 is 28.6 Å². The molecule has 3 amide bonds. The van der Waals surface area contributed by atoms with Crippen LogP contribution in [0.3, 0.4) is 0 Å². The van der Waals surface area contributed by atoms with E-state index in [4.69, 9.17) is 14.2 Å². The first-order valence-corrected chi connectivity index (χ1v) is 12.8. The zero-order valence-electron chi connectivity index (χ0n) is 22.1. The fourth-order valence-electron chi connectivity index (χ4n) is 2.97. The monoisotopic (exact) mass is 535 g/mol. The van der Waals surface area contributed by atoms with Crippen LogP contribution in [0.4, 0.5) is 15.6 Å². The molecule has 0 radical (unpaired) electrons. The summed E-state index contributed by atoms with van der Waals surface area (Å²) in [4.78, 5) is 41.2. The number of aryl methyl sites for hydroxylation is 2. The van der Waals surface area contributed by atoms with Crippen molar-refractivity contribution in [3.8, 4) is 0 Å². The number of anilines is 2. The van der Waals surface area contributed by atoms with Crippen LogP contribution in [0.5, 0.6) is 0 Å². The minimum absolute atomic E-state index is 0.0944. The number of thiazole rings is 1. The second-order valence-electron chi connectivity index (χ2n) is 9.12. The van der Waals surface area contributed by atoms with Crippen LogP contribution in [0.1, 0.15) is 41.6 Å². The van der Waals surface area contributed by atoms with Crippen molar-refractivity contribution in [2.45, 2.75) is 40.2 Å². The Balaban J connectivity index is 1.53. The summed E-state index contributed by atoms with van der Waals surface area (Å²) in [5.74, 6) is -0.398. The molecule has 0 fully saturated rings.